The van der Waals surface area contributed by atoms with Crippen LogP contribution in [0.15, 0.2) is 53.4 Å². The highest BCUT2D eigenvalue weighted by molar-refractivity contribution is 8.00. The molecule has 7 heteroatoms. The Morgan fingerprint density at radius 2 is 1.70 bits per heavy atom. The van der Waals surface area contributed by atoms with Crippen LogP contribution >= 0.6 is 11.8 Å². The molecule has 0 saturated heterocycles. The first-order valence-corrected chi connectivity index (χ1v) is 9.40. The molecule has 0 bridgehead atoms. The fraction of sp³-hybridized carbons (Fsp3) is 0.250. The van der Waals surface area contributed by atoms with E-state index in [0.29, 0.717) is 16.8 Å². The lowest BCUT2D eigenvalue weighted by molar-refractivity contribution is -0.119. The summed E-state index contributed by atoms with van der Waals surface area (Å²) in [5.41, 5.74) is 1.45. The smallest absolute Gasteiger partial charge is 0.337 e. The average Bonchev–Trinajstić information content (AvgIpc) is 2.66. The summed E-state index contributed by atoms with van der Waals surface area (Å²) in [6.07, 6.45) is 0. The quantitative estimate of drug-likeness (QED) is 0.563. The summed E-state index contributed by atoms with van der Waals surface area (Å²) < 4.78 is 4.65. The van der Waals surface area contributed by atoms with Gasteiger partial charge in [-0.05, 0) is 50.2 Å². The van der Waals surface area contributed by atoms with Crippen LogP contribution < -0.4 is 10.6 Å². The van der Waals surface area contributed by atoms with Crippen LogP contribution in [0, 0.1) is 0 Å². The van der Waals surface area contributed by atoms with Crippen LogP contribution in [0.3, 0.4) is 0 Å². The molecule has 0 unspecified atom stereocenters. The molecule has 2 aromatic rings. The standard InChI is InChI=1S/C20H22N2O4S/c1-13(2)21-18(23)12-27-17-7-5-4-6-16(17)19(24)22-15-10-8-14(9-11-15)20(25)26-3/h4-11,13H,12H2,1-3H3,(H,21,23)(H,22,24). The molecule has 0 fully saturated rings. The largest absolute Gasteiger partial charge is 0.465 e. The molecule has 6 nitrogen and oxygen atoms in total. The van der Waals surface area contributed by atoms with Gasteiger partial charge in [0.2, 0.25) is 5.91 Å². The van der Waals surface area contributed by atoms with Crippen LogP contribution in [0.4, 0.5) is 5.69 Å². The van der Waals surface area contributed by atoms with Gasteiger partial charge in [-0.1, -0.05) is 12.1 Å². The minimum Gasteiger partial charge on any atom is -0.465 e. The van der Waals surface area contributed by atoms with Crippen molar-refractivity contribution in [1.82, 2.24) is 5.32 Å². The number of nitrogens with one attached hydrogen (secondary N) is 2. The number of carbonyl (C=O) groups excluding carboxylic acids is 3. The molecule has 0 spiro atoms. The highest BCUT2D eigenvalue weighted by atomic mass is 32.2. The Morgan fingerprint density at radius 3 is 2.33 bits per heavy atom. The molecule has 0 heterocycles. The highest BCUT2D eigenvalue weighted by Gasteiger charge is 2.14. The number of carbonyl (C=O) groups is 3. The van der Waals surface area contributed by atoms with Crippen molar-refractivity contribution in [1.29, 1.82) is 0 Å². The number of methoxy groups -OCH3 is 1. The van der Waals surface area contributed by atoms with E-state index < -0.39 is 5.97 Å². The molecular weight excluding hydrogens is 364 g/mol. The number of thioether (sulfide) groups is 1. The Balaban J connectivity index is 2.06. The number of rotatable bonds is 7. The maximum absolute atomic E-state index is 12.6. The average molecular weight is 386 g/mol. The lowest BCUT2D eigenvalue weighted by Gasteiger charge is -2.11. The van der Waals surface area contributed by atoms with Crippen LogP contribution in [0.5, 0.6) is 0 Å². The number of benzene rings is 2. The fourth-order valence-corrected chi connectivity index (χ4v) is 3.15. The summed E-state index contributed by atoms with van der Waals surface area (Å²) in [5.74, 6) is -0.567. The van der Waals surface area contributed by atoms with E-state index in [1.165, 1.54) is 18.9 Å². The van der Waals surface area contributed by atoms with E-state index >= 15 is 0 Å². The second kappa shape index (κ2) is 9.78. The molecule has 0 aliphatic carbocycles. The maximum atomic E-state index is 12.6. The van der Waals surface area contributed by atoms with E-state index in [1.807, 2.05) is 26.0 Å². The summed E-state index contributed by atoms with van der Waals surface area (Å²) in [7, 11) is 1.31. The Kier molecular flexibility index (Phi) is 7.43. The van der Waals surface area contributed by atoms with Gasteiger partial charge in [0.1, 0.15) is 0 Å². The summed E-state index contributed by atoms with van der Waals surface area (Å²) in [5, 5.41) is 5.62. The lowest BCUT2D eigenvalue weighted by Crippen LogP contribution is -2.31. The third-order valence-corrected chi connectivity index (χ3v) is 4.58. The topological polar surface area (TPSA) is 84.5 Å². The van der Waals surface area contributed by atoms with Gasteiger partial charge >= 0.3 is 5.97 Å². The molecular formula is C20H22N2O4S. The van der Waals surface area contributed by atoms with E-state index in [0.717, 1.165) is 4.90 Å². The second-order valence-electron chi connectivity index (χ2n) is 6.03. The normalized spacial score (nSPS) is 10.4. The molecule has 2 aromatic carbocycles. The molecule has 0 saturated carbocycles. The summed E-state index contributed by atoms with van der Waals surface area (Å²) >= 11 is 1.31. The van der Waals surface area contributed by atoms with Crippen molar-refractivity contribution in [2.75, 3.05) is 18.2 Å². The summed E-state index contributed by atoms with van der Waals surface area (Å²) in [4.78, 5) is 36.6. The Labute approximate surface area is 162 Å². The molecule has 0 atom stereocenters. The zero-order chi connectivity index (χ0) is 19.8. The molecule has 2 amide bonds. The minimum atomic E-state index is -0.436. The number of amides is 2. The van der Waals surface area contributed by atoms with Crippen molar-refractivity contribution >= 4 is 35.2 Å². The molecule has 142 valence electrons. The maximum Gasteiger partial charge on any atom is 0.337 e. The van der Waals surface area contributed by atoms with Gasteiger partial charge in [-0.15, -0.1) is 11.8 Å². The van der Waals surface area contributed by atoms with Crippen molar-refractivity contribution in [3.05, 3.63) is 59.7 Å². The monoisotopic (exact) mass is 386 g/mol. The van der Waals surface area contributed by atoms with Gasteiger partial charge in [-0.2, -0.15) is 0 Å². The van der Waals surface area contributed by atoms with E-state index in [9.17, 15) is 14.4 Å². The number of hydrogen-bond donors (Lipinski definition) is 2. The van der Waals surface area contributed by atoms with Gasteiger partial charge in [0, 0.05) is 16.6 Å². The van der Waals surface area contributed by atoms with Gasteiger partial charge in [0.25, 0.3) is 5.91 Å². The van der Waals surface area contributed by atoms with Crippen molar-refractivity contribution in [2.24, 2.45) is 0 Å². The zero-order valence-corrected chi connectivity index (χ0v) is 16.3. The van der Waals surface area contributed by atoms with E-state index in [4.69, 9.17) is 0 Å². The predicted octanol–water partition coefficient (Wildman–Crippen LogP) is 3.34. The Hall–Kier alpha value is -2.80. The predicted molar refractivity (Wildman–Crippen MR) is 106 cm³/mol. The first-order chi connectivity index (χ1) is 12.9. The molecule has 0 aliphatic rings. The zero-order valence-electron chi connectivity index (χ0n) is 15.4. The second-order valence-corrected chi connectivity index (χ2v) is 7.05. The van der Waals surface area contributed by atoms with Crippen LogP contribution in [0.25, 0.3) is 0 Å². The Bertz CT molecular complexity index is 819. The van der Waals surface area contributed by atoms with Gasteiger partial charge in [-0.3, -0.25) is 9.59 Å². The first-order valence-electron chi connectivity index (χ1n) is 8.41. The van der Waals surface area contributed by atoms with Crippen LogP contribution in [0.2, 0.25) is 0 Å². The number of hydrogen-bond acceptors (Lipinski definition) is 5. The Morgan fingerprint density at radius 1 is 1.04 bits per heavy atom. The summed E-state index contributed by atoms with van der Waals surface area (Å²) in [6, 6.07) is 13.6. The van der Waals surface area contributed by atoms with E-state index in [2.05, 4.69) is 15.4 Å². The number of ether oxygens (including phenoxy) is 1. The van der Waals surface area contributed by atoms with Crippen LogP contribution in [0.1, 0.15) is 34.6 Å². The molecule has 0 radical (unpaired) electrons. The van der Waals surface area contributed by atoms with E-state index in [1.54, 1.807) is 36.4 Å². The molecule has 27 heavy (non-hydrogen) atoms. The van der Waals surface area contributed by atoms with Crippen molar-refractivity contribution in [2.45, 2.75) is 24.8 Å². The summed E-state index contributed by atoms with van der Waals surface area (Å²) in [6.45, 7) is 3.80. The van der Waals surface area contributed by atoms with Gasteiger partial charge in [-0.25, -0.2) is 4.79 Å². The van der Waals surface area contributed by atoms with Gasteiger partial charge in [0.15, 0.2) is 0 Å². The van der Waals surface area contributed by atoms with Crippen LogP contribution in [-0.4, -0.2) is 36.7 Å². The van der Waals surface area contributed by atoms with Crippen molar-refractivity contribution < 1.29 is 19.1 Å². The lowest BCUT2D eigenvalue weighted by atomic mass is 10.2. The molecule has 2 N–H and O–H groups in total. The van der Waals surface area contributed by atoms with Crippen molar-refractivity contribution in [3.63, 3.8) is 0 Å². The van der Waals surface area contributed by atoms with Gasteiger partial charge in [0.05, 0.1) is 24.0 Å². The highest BCUT2D eigenvalue weighted by Crippen LogP contribution is 2.23. The SMILES string of the molecule is COC(=O)c1ccc(NC(=O)c2ccccc2SCC(=O)NC(C)C)cc1. The van der Waals surface area contributed by atoms with Crippen molar-refractivity contribution in [3.8, 4) is 0 Å². The van der Waals surface area contributed by atoms with Crippen LogP contribution in [-0.2, 0) is 9.53 Å². The third kappa shape index (κ3) is 6.14. The third-order valence-electron chi connectivity index (χ3n) is 3.50. The number of anilines is 1. The minimum absolute atomic E-state index is 0.0737. The molecule has 0 aromatic heterocycles. The van der Waals surface area contributed by atoms with Gasteiger partial charge < -0.3 is 15.4 Å². The van der Waals surface area contributed by atoms with E-state index in [-0.39, 0.29) is 23.6 Å². The number of esters is 1. The first kappa shape index (κ1) is 20.5. The fourth-order valence-electron chi connectivity index (χ4n) is 2.29. The molecule has 0 aliphatic heterocycles. The molecule has 2 rings (SSSR count).